The fraction of sp³-hybridized carbons (Fsp3) is 0.357. The van der Waals surface area contributed by atoms with Crippen molar-refractivity contribution in [3.8, 4) is 11.3 Å². The fourth-order valence-corrected chi connectivity index (χ4v) is 2.43. The average Bonchev–Trinajstić information content (AvgIpc) is 2.78. The lowest BCUT2D eigenvalue weighted by Crippen LogP contribution is -2.34. The molecule has 19 heavy (non-hydrogen) atoms. The molecule has 0 saturated carbocycles. The summed E-state index contributed by atoms with van der Waals surface area (Å²) in [5.41, 5.74) is 6.83. The summed E-state index contributed by atoms with van der Waals surface area (Å²) >= 11 is 3.24. The van der Waals surface area contributed by atoms with E-state index >= 15 is 0 Å². The number of hydrogen-bond donors (Lipinski definition) is 2. The Hall–Kier alpha value is -1.20. The molecule has 2 aromatic rings. The molecule has 102 valence electrons. The molecule has 1 unspecified atom stereocenters. The zero-order valence-corrected chi connectivity index (χ0v) is 12.6. The zero-order valence-electron chi connectivity index (χ0n) is 11.0. The lowest BCUT2D eigenvalue weighted by atomic mass is 9.97. The van der Waals surface area contributed by atoms with Gasteiger partial charge >= 0.3 is 0 Å². The normalized spacial score (nSPS) is 14.4. The van der Waals surface area contributed by atoms with Gasteiger partial charge in [0.1, 0.15) is 11.6 Å². The Morgan fingerprint density at radius 1 is 1.47 bits per heavy atom. The highest BCUT2D eigenvalue weighted by Crippen LogP contribution is 2.27. The maximum absolute atomic E-state index is 13.9. The quantitative estimate of drug-likeness (QED) is 0.894. The lowest BCUT2D eigenvalue weighted by molar-refractivity contribution is 0.423. The Kier molecular flexibility index (Phi) is 4.06. The Bertz CT molecular complexity index is 578. The number of nitrogens with zero attached hydrogens (tertiary/aromatic N) is 1. The molecule has 3 nitrogen and oxygen atoms in total. The van der Waals surface area contributed by atoms with Gasteiger partial charge in [-0.2, -0.15) is 0 Å². The summed E-state index contributed by atoms with van der Waals surface area (Å²) in [4.78, 5) is 7.41. The number of aromatic amines is 1. The number of hydrogen-bond acceptors (Lipinski definition) is 2. The van der Waals surface area contributed by atoms with Gasteiger partial charge < -0.3 is 10.7 Å². The minimum Gasteiger partial charge on any atom is -0.340 e. The summed E-state index contributed by atoms with van der Waals surface area (Å²) in [6, 6.07) is 4.94. The zero-order chi connectivity index (χ0) is 14.0. The van der Waals surface area contributed by atoms with Crippen LogP contribution in [0.3, 0.4) is 0 Å². The van der Waals surface area contributed by atoms with Crippen LogP contribution in [-0.2, 0) is 5.54 Å². The van der Waals surface area contributed by atoms with Gasteiger partial charge in [-0.1, -0.05) is 29.3 Å². The van der Waals surface area contributed by atoms with Gasteiger partial charge in [-0.15, -0.1) is 0 Å². The van der Waals surface area contributed by atoms with Crippen LogP contribution in [0.2, 0.25) is 0 Å². The topological polar surface area (TPSA) is 54.7 Å². The molecule has 0 aliphatic rings. The summed E-state index contributed by atoms with van der Waals surface area (Å²) in [7, 11) is 0. The maximum Gasteiger partial charge on any atom is 0.133 e. The van der Waals surface area contributed by atoms with Crippen LogP contribution >= 0.6 is 15.9 Å². The van der Waals surface area contributed by atoms with Crippen LogP contribution in [0.25, 0.3) is 11.3 Å². The van der Waals surface area contributed by atoms with E-state index in [1.165, 1.54) is 6.07 Å². The number of halogens is 2. The van der Waals surface area contributed by atoms with Crippen molar-refractivity contribution in [3.63, 3.8) is 0 Å². The van der Waals surface area contributed by atoms with Crippen molar-refractivity contribution in [2.75, 3.05) is 0 Å². The van der Waals surface area contributed by atoms with E-state index in [0.717, 1.165) is 12.8 Å². The predicted octanol–water partition coefficient (Wildman–Crippen LogP) is 3.95. The molecule has 0 radical (unpaired) electrons. The highest BCUT2D eigenvalue weighted by molar-refractivity contribution is 9.10. The Morgan fingerprint density at radius 2 is 2.21 bits per heavy atom. The lowest BCUT2D eigenvalue weighted by Gasteiger charge is -2.21. The molecule has 1 atom stereocenters. The van der Waals surface area contributed by atoms with Gasteiger partial charge in [-0.25, -0.2) is 9.37 Å². The Balaban J connectivity index is 2.35. The van der Waals surface area contributed by atoms with Gasteiger partial charge in [0.05, 0.1) is 17.4 Å². The number of rotatable bonds is 4. The molecule has 1 heterocycles. The van der Waals surface area contributed by atoms with E-state index in [9.17, 15) is 4.39 Å². The third-order valence-corrected chi connectivity index (χ3v) is 3.60. The molecule has 5 heteroatoms. The van der Waals surface area contributed by atoms with Gasteiger partial charge in [0.15, 0.2) is 0 Å². The van der Waals surface area contributed by atoms with Crippen molar-refractivity contribution in [2.24, 2.45) is 5.73 Å². The molecule has 1 aromatic heterocycles. The monoisotopic (exact) mass is 325 g/mol. The second-order valence-corrected chi connectivity index (χ2v) is 5.85. The van der Waals surface area contributed by atoms with Crippen molar-refractivity contribution in [3.05, 3.63) is 40.5 Å². The van der Waals surface area contributed by atoms with Crippen molar-refractivity contribution in [1.29, 1.82) is 0 Å². The number of aromatic nitrogens is 2. The highest BCUT2D eigenvalue weighted by Gasteiger charge is 2.24. The first-order valence-electron chi connectivity index (χ1n) is 6.24. The number of imidazole rings is 1. The van der Waals surface area contributed by atoms with E-state index in [4.69, 9.17) is 5.73 Å². The van der Waals surface area contributed by atoms with Crippen molar-refractivity contribution in [1.82, 2.24) is 9.97 Å². The predicted molar refractivity (Wildman–Crippen MR) is 78.1 cm³/mol. The van der Waals surface area contributed by atoms with Crippen LogP contribution in [0.15, 0.2) is 28.9 Å². The molecule has 1 aromatic carbocycles. The first kappa shape index (κ1) is 14.2. The molecular weight excluding hydrogens is 309 g/mol. The fourth-order valence-electron chi connectivity index (χ4n) is 2.09. The summed E-state index contributed by atoms with van der Waals surface area (Å²) in [6.45, 7) is 4.00. The third kappa shape index (κ3) is 3.04. The summed E-state index contributed by atoms with van der Waals surface area (Å²) in [6.07, 6.45) is 3.42. The molecule has 0 saturated heterocycles. The van der Waals surface area contributed by atoms with Crippen LogP contribution < -0.4 is 5.73 Å². The van der Waals surface area contributed by atoms with Crippen LogP contribution in [0.5, 0.6) is 0 Å². The summed E-state index contributed by atoms with van der Waals surface area (Å²) in [5.74, 6) is 0.394. The van der Waals surface area contributed by atoms with Crippen LogP contribution in [0, 0.1) is 5.82 Å². The van der Waals surface area contributed by atoms with Crippen LogP contribution in [-0.4, -0.2) is 9.97 Å². The second kappa shape index (κ2) is 5.43. The van der Waals surface area contributed by atoms with E-state index < -0.39 is 5.54 Å². The number of H-pyrrole nitrogens is 1. The van der Waals surface area contributed by atoms with E-state index in [-0.39, 0.29) is 5.82 Å². The highest BCUT2D eigenvalue weighted by atomic mass is 79.9. The number of nitrogens with one attached hydrogen (secondary N) is 1. The molecule has 0 fully saturated rings. The summed E-state index contributed by atoms with van der Waals surface area (Å²) < 4.78 is 14.6. The molecule has 0 aliphatic carbocycles. The third-order valence-electron chi connectivity index (χ3n) is 3.11. The first-order chi connectivity index (χ1) is 8.94. The van der Waals surface area contributed by atoms with Crippen molar-refractivity contribution < 1.29 is 4.39 Å². The van der Waals surface area contributed by atoms with Gasteiger partial charge in [-0.3, -0.25) is 0 Å². The van der Waals surface area contributed by atoms with Gasteiger partial charge in [-0.05, 0) is 31.5 Å². The van der Waals surface area contributed by atoms with Gasteiger partial charge in [0.25, 0.3) is 0 Å². The van der Waals surface area contributed by atoms with E-state index in [2.05, 4.69) is 32.8 Å². The largest absolute Gasteiger partial charge is 0.340 e. The Morgan fingerprint density at radius 3 is 2.84 bits per heavy atom. The van der Waals surface area contributed by atoms with Crippen molar-refractivity contribution >= 4 is 15.9 Å². The van der Waals surface area contributed by atoms with E-state index in [0.29, 0.717) is 21.6 Å². The summed E-state index contributed by atoms with van der Waals surface area (Å²) in [5, 5.41) is 0. The second-order valence-electron chi connectivity index (χ2n) is 4.94. The molecule has 3 N–H and O–H groups in total. The number of nitrogens with two attached hydrogens (primary N) is 1. The minimum atomic E-state index is -0.515. The average molecular weight is 326 g/mol. The minimum absolute atomic E-state index is 0.293. The van der Waals surface area contributed by atoms with Gasteiger partial charge in [0.2, 0.25) is 0 Å². The molecular formula is C14H17BrFN3. The Labute approximate surface area is 120 Å². The van der Waals surface area contributed by atoms with E-state index in [1.807, 2.05) is 6.92 Å². The van der Waals surface area contributed by atoms with E-state index in [1.54, 1.807) is 18.3 Å². The molecule has 2 rings (SSSR count). The van der Waals surface area contributed by atoms with Crippen LogP contribution in [0.4, 0.5) is 4.39 Å². The van der Waals surface area contributed by atoms with Gasteiger partial charge in [0, 0.05) is 10.0 Å². The first-order valence-corrected chi connectivity index (χ1v) is 7.03. The molecule has 0 amide bonds. The standard InChI is InChI=1S/C14H17BrFN3/c1-3-6-14(2,17)13-18-8-12(19-13)10-5-4-9(15)7-11(10)16/h4-5,7-8H,3,6,17H2,1-2H3,(H,18,19). The maximum atomic E-state index is 13.9. The SMILES string of the molecule is CCCC(C)(N)c1ncc(-c2ccc(Br)cc2F)[nH]1. The smallest absolute Gasteiger partial charge is 0.133 e. The molecule has 0 spiro atoms. The molecule has 0 aliphatic heterocycles. The molecule has 0 bridgehead atoms. The van der Waals surface area contributed by atoms with Crippen LogP contribution in [0.1, 0.15) is 32.5 Å². The number of benzene rings is 1. The van der Waals surface area contributed by atoms with Crippen molar-refractivity contribution in [2.45, 2.75) is 32.2 Å².